The summed E-state index contributed by atoms with van der Waals surface area (Å²) in [6.07, 6.45) is 0.160. The van der Waals surface area contributed by atoms with Gasteiger partial charge in [0.2, 0.25) is 0 Å². The first kappa shape index (κ1) is 26.1. The van der Waals surface area contributed by atoms with E-state index in [0.29, 0.717) is 26.1 Å². The summed E-state index contributed by atoms with van der Waals surface area (Å²) in [6.45, 7) is 10.6. The Bertz CT molecular complexity index is 910. The number of carbonyl (C=O) groups excluding carboxylic acids is 1. The zero-order chi connectivity index (χ0) is 25.1. The van der Waals surface area contributed by atoms with Crippen molar-refractivity contribution in [2.24, 2.45) is 5.92 Å². The van der Waals surface area contributed by atoms with Crippen molar-refractivity contribution in [3.63, 3.8) is 0 Å². The van der Waals surface area contributed by atoms with Gasteiger partial charge in [-0.1, -0.05) is 31.2 Å². The summed E-state index contributed by atoms with van der Waals surface area (Å²) in [5.41, 5.74) is 0.0364. The summed E-state index contributed by atoms with van der Waals surface area (Å²) >= 11 is 0. The van der Waals surface area contributed by atoms with Gasteiger partial charge in [-0.05, 0) is 75.4 Å². The molecule has 1 fully saturated rings. The van der Waals surface area contributed by atoms with Crippen molar-refractivity contribution in [2.75, 3.05) is 19.6 Å². The van der Waals surface area contributed by atoms with Crippen LogP contribution in [0.25, 0.3) is 0 Å². The van der Waals surface area contributed by atoms with Gasteiger partial charge in [0.15, 0.2) is 0 Å². The average Bonchev–Trinajstić information content (AvgIpc) is 2.77. The zero-order valence-electron chi connectivity index (χ0n) is 20.6. The Morgan fingerprint density at radius 1 is 1.06 bits per heavy atom. The van der Waals surface area contributed by atoms with Crippen molar-refractivity contribution in [3.05, 3.63) is 71.3 Å². The van der Waals surface area contributed by atoms with E-state index >= 15 is 0 Å². The molecule has 34 heavy (non-hydrogen) atoms. The van der Waals surface area contributed by atoms with Gasteiger partial charge in [0.1, 0.15) is 17.2 Å². The number of hydrogen-bond acceptors (Lipinski definition) is 4. The number of halogens is 2. The maximum atomic E-state index is 13.6. The summed E-state index contributed by atoms with van der Waals surface area (Å²) in [7, 11) is 0. The lowest BCUT2D eigenvalue weighted by Crippen LogP contribution is -2.63. The Hall–Kier alpha value is -2.51. The number of carbonyl (C=O) groups is 1. The minimum atomic E-state index is -1.15. The highest BCUT2D eigenvalue weighted by molar-refractivity contribution is 5.68. The molecule has 0 radical (unpaired) electrons. The Morgan fingerprint density at radius 3 is 2.03 bits per heavy atom. The largest absolute Gasteiger partial charge is 0.444 e. The number of ether oxygens (including phenoxy) is 1. The van der Waals surface area contributed by atoms with E-state index in [1.54, 1.807) is 36.1 Å². The number of amides is 1. The lowest BCUT2D eigenvalue weighted by atomic mass is 9.75. The van der Waals surface area contributed by atoms with Crippen LogP contribution in [-0.4, -0.2) is 53.0 Å². The zero-order valence-corrected chi connectivity index (χ0v) is 20.6. The number of hydrogen-bond donors (Lipinski definition) is 2. The van der Waals surface area contributed by atoms with E-state index in [4.69, 9.17) is 4.74 Å². The fourth-order valence-corrected chi connectivity index (χ4v) is 4.42. The molecular formula is C27H36F2N2O3. The van der Waals surface area contributed by atoms with Gasteiger partial charge in [0, 0.05) is 25.6 Å². The van der Waals surface area contributed by atoms with Gasteiger partial charge in [0.05, 0.1) is 11.6 Å². The third kappa shape index (κ3) is 6.54. The Kier molecular flexibility index (Phi) is 7.98. The molecule has 2 aromatic rings. The van der Waals surface area contributed by atoms with E-state index in [-0.39, 0.29) is 29.5 Å². The molecule has 0 aliphatic carbocycles. The van der Waals surface area contributed by atoms with E-state index in [2.05, 4.69) is 5.32 Å². The molecule has 0 spiro atoms. The Morgan fingerprint density at radius 2 is 1.56 bits per heavy atom. The molecule has 2 aromatic carbocycles. The van der Waals surface area contributed by atoms with Gasteiger partial charge in [-0.3, -0.25) is 0 Å². The highest BCUT2D eigenvalue weighted by Crippen LogP contribution is 2.36. The first-order chi connectivity index (χ1) is 15.9. The van der Waals surface area contributed by atoms with Crippen LogP contribution in [-0.2, 0) is 4.74 Å². The predicted octanol–water partition coefficient (Wildman–Crippen LogP) is 5.08. The number of nitrogens with zero attached hydrogens (tertiary/aromatic N) is 1. The van der Waals surface area contributed by atoms with E-state index in [9.17, 15) is 18.7 Å². The molecule has 5 nitrogen and oxygen atoms in total. The van der Waals surface area contributed by atoms with Crippen molar-refractivity contribution in [1.82, 2.24) is 10.2 Å². The number of nitrogens with one attached hydrogen (secondary N) is 1. The van der Waals surface area contributed by atoms with Gasteiger partial charge in [-0.2, -0.15) is 0 Å². The van der Waals surface area contributed by atoms with Crippen LogP contribution in [0.5, 0.6) is 0 Å². The summed E-state index contributed by atoms with van der Waals surface area (Å²) in [4.78, 5) is 14.2. The van der Waals surface area contributed by atoms with E-state index in [1.165, 1.54) is 24.3 Å². The fraction of sp³-hybridized carbons (Fsp3) is 0.519. The highest BCUT2D eigenvalue weighted by Gasteiger charge is 2.42. The minimum Gasteiger partial charge on any atom is -0.444 e. The molecule has 0 bridgehead atoms. The molecule has 0 saturated carbocycles. The number of benzene rings is 2. The third-order valence-electron chi connectivity index (χ3n) is 6.66. The molecule has 1 heterocycles. The maximum Gasteiger partial charge on any atom is 0.410 e. The molecule has 3 rings (SSSR count). The molecule has 1 amide bonds. The average molecular weight is 475 g/mol. The second-order valence-electron chi connectivity index (χ2n) is 10.5. The van der Waals surface area contributed by atoms with Crippen LogP contribution in [0, 0.1) is 17.6 Å². The van der Waals surface area contributed by atoms with Crippen molar-refractivity contribution in [1.29, 1.82) is 0 Å². The first-order valence-electron chi connectivity index (χ1n) is 11.8. The quantitative estimate of drug-likeness (QED) is 0.613. The van der Waals surface area contributed by atoms with Crippen LogP contribution < -0.4 is 5.32 Å². The van der Waals surface area contributed by atoms with Gasteiger partial charge in [-0.15, -0.1) is 0 Å². The van der Waals surface area contributed by atoms with Crippen LogP contribution >= 0.6 is 0 Å². The standard InChI is InChI=1S/C27H36F2N2O3/c1-18(27(5,33)24-17-31(15-14-30-24)25(32)34-26(2,3)4)16-23(19-6-10-21(28)11-7-19)20-8-12-22(29)13-9-20/h6-13,18,23-24,30,33H,14-17H2,1-5H3. The van der Waals surface area contributed by atoms with Gasteiger partial charge < -0.3 is 20.1 Å². The van der Waals surface area contributed by atoms with Crippen LogP contribution in [0.15, 0.2) is 48.5 Å². The molecule has 2 N–H and O–H groups in total. The summed E-state index contributed by atoms with van der Waals surface area (Å²) in [6, 6.07) is 12.2. The molecule has 186 valence electrons. The second kappa shape index (κ2) is 10.4. The Balaban J connectivity index is 1.79. The van der Waals surface area contributed by atoms with E-state index < -0.39 is 17.3 Å². The molecule has 1 saturated heterocycles. The fourth-order valence-electron chi connectivity index (χ4n) is 4.42. The predicted molar refractivity (Wildman–Crippen MR) is 129 cm³/mol. The number of piperazine rings is 1. The van der Waals surface area contributed by atoms with Crippen LogP contribution in [0.4, 0.5) is 13.6 Å². The molecular weight excluding hydrogens is 438 g/mol. The Labute approximate surface area is 201 Å². The summed E-state index contributed by atoms with van der Waals surface area (Å²) in [5, 5.41) is 15.0. The van der Waals surface area contributed by atoms with Gasteiger partial charge in [0.25, 0.3) is 0 Å². The van der Waals surface area contributed by atoms with E-state index in [1.807, 2.05) is 27.7 Å². The van der Waals surface area contributed by atoms with Crippen LogP contribution in [0.2, 0.25) is 0 Å². The summed E-state index contributed by atoms with van der Waals surface area (Å²) < 4.78 is 32.6. The highest BCUT2D eigenvalue weighted by atomic mass is 19.1. The monoisotopic (exact) mass is 474 g/mol. The molecule has 3 atom stereocenters. The molecule has 3 unspecified atom stereocenters. The molecule has 1 aliphatic heterocycles. The molecule has 0 aromatic heterocycles. The van der Waals surface area contributed by atoms with Crippen LogP contribution in [0.1, 0.15) is 58.1 Å². The third-order valence-corrected chi connectivity index (χ3v) is 6.66. The van der Waals surface area contributed by atoms with Crippen molar-refractivity contribution < 1.29 is 23.4 Å². The van der Waals surface area contributed by atoms with Crippen molar-refractivity contribution >= 4 is 6.09 Å². The normalized spacial score (nSPS) is 19.6. The SMILES string of the molecule is CC(CC(c1ccc(F)cc1)c1ccc(F)cc1)C(C)(O)C1CN(C(=O)OC(C)(C)C)CCN1. The molecule has 7 heteroatoms. The lowest BCUT2D eigenvalue weighted by Gasteiger charge is -2.44. The number of rotatable bonds is 6. The topological polar surface area (TPSA) is 61.8 Å². The maximum absolute atomic E-state index is 13.6. The van der Waals surface area contributed by atoms with Crippen molar-refractivity contribution in [3.8, 4) is 0 Å². The smallest absolute Gasteiger partial charge is 0.410 e. The first-order valence-corrected chi connectivity index (χ1v) is 11.8. The summed E-state index contributed by atoms with van der Waals surface area (Å²) in [5.74, 6) is -1.01. The van der Waals surface area contributed by atoms with Crippen molar-refractivity contribution in [2.45, 2.75) is 64.2 Å². The number of aliphatic hydroxyl groups is 1. The van der Waals surface area contributed by atoms with Crippen LogP contribution in [0.3, 0.4) is 0 Å². The van der Waals surface area contributed by atoms with Gasteiger partial charge >= 0.3 is 6.09 Å². The van der Waals surface area contributed by atoms with E-state index in [0.717, 1.165) is 11.1 Å². The minimum absolute atomic E-state index is 0.159. The molecule has 1 aliphatic rings. The van der Waals surface area contributed by atoms with Gasteiger partial charge in [-0.25, -0.2) is 13.6 Å². The lowest BCUT2D eigenvalue weighted by molar-refractivity contribution is -0.0531. The second-order valence-corrected chi connectivity index (χ2v) is 10.5.